The molecule has 0 spiro atoms. The summed E-state index contributed by atoms with van der Waals surface area (Å²) in [5, 5.41) is 4.76. The molecule has 6 heteroatoms. The van der Waals surface area contributed by atoms with Crippen LogP contribution in [0.25, 0.3) is 0 Å². The van der Waals surface area contributed by atoms with Gasteiger partial charge in [0, 0.05) is 29.3 Å². The van der Waals surface area contributed by atoms with Crippen molar-refractivity contribution < 1.29 is 13.9 Å². The highest BCUT2D eigenvalue weighted by Crippen LogP contribution is 2.26. The largest absolute Gasteiger partial charge is 0.378 e. The third-order valence-corrected chi connectivity index (χ3v) is 4.94. The maximum absolute atomic E-state index is 13.9. The van der Waals surface area contributed by atoms with Crippen LogP contribution < -0.4 is 10.2 Å². The van der Waals surface area contributed by atoms with Gasteiger partial charge < -0.3 is 15.0 Å². The van der Waals surface area contributed by atoms with E-state index in [-0.39, 0.29) is 17.6 Å². The van der Waals surface area contributed by atoms with Gasteiger partial charge in [-0.1, -0.05) is 6.07 Å². The van der Waals surface area contributed by atoms with Crippen molar-refractivity contribution in [2.45, 2.75) is 12.8 Å². The van der Waals surface area contributed by atoms with E-state index in [0.29, 0.717) is 18.9 Å². The minimum Gasteiger partial charge on any atom is -0.378 e. The number of nitrogens with zero attached hydrogens (tertiary/aromatic N) is 1. The van der Waals surface area contributed by atoms with E-state index in [4.69, 9.17) is 4.74 Å². The molecule has 1 N–H and O–H groups in total. The molecular weight excluding hydrogens is 315 g/mol. The number of anilines is 2. The molecule has 1 atom stereocenters. The Labute approximate surface area is 138 Å². The van der Waals surface area contributed by atoms with Crippen molar-refractivity contribution >= 4 is 28.6 Å². The summed E-state index contributed by atoms with van der Waals surface area (Å²) in [6, 6.07) is 8.50. The first-order valence-electron chi connectivity index (χ1n) is 7.61. The van der Waals surface area contributed by atoms with Crippen molar-refractivity contribution in [1.29, 1.82) is 0 Å². The van der Waals surface area contributed by atoms with Crippen LogP contribution in [0, 0.1) is 5.82 Å². The predicted octanol–water partition coefficient (Wildman–Crippen LogP) is 3.47. The average molecular weight is 334 g/mol. The summed E-state index contributed by atoms with van der Waals surface area (Å²) in [7, 11) is 0. The summed E-state index contributed by atoms with van der Waals surface area (Å²) in [6.07, 6.45) is 0. The minimum atomic E-state index is -0.354. The highest BCUT2D eigenvalue weighted by atomic mass is 32.1. The zero-order valence-corrected chi connectivity index (χ0v) is 13.7. The molecule has 0 bridgehead atoms. The van der Waals surface area contributed by atoms with Gasteiger partial charge in [-0.3, -0.25) is 4.79 Å². The van der Waals surface area contributed by atoms with Gasteiger partial charge >= 0.3 is 0 Å². The lowest BCUT2D eigenvalue weighted by molar-refractivity contribution is -0.117. The number of hydrogen-bond acceptors (Lipinski definition) is 4. The van der Waals surface area contributed by atoms with Crippen LogP contribution in [0.4, 0.5) is 15.8 Å². The molecule has 3 rings (SSSR count). The summed E-state index contributed by atoms with van der Waals surface area (Å²) in [6.45, 7) is 4.56. The zero-order chi connectivity index (χ0) is 16.2. The fourth-order valence-corrected chi connectivity index (χ4v) is 3.35. The van der Waals surface area contributed by atoms with E-state index in [1.807, 2.05) is 30.5 Å². The molecule has 23 heavy (non-hydrogen) atoms. The third-order valence-electron chi connectivity index (χ3n) is 3.89. The number of nitrogens with one attached hydrogen (secondary N) is 1. The quantitative estimate of drug-likeness (QED) is 0.931. The topological polar surface area (TPSA) is 41.6 Å². The number of carbonyl (C=O) groups is 1. The molecule has 122 valence electrons. The highest BCUT2D eigenvalue weighted by molar-refractivity contribution is 7.10. The summed E-state index contributed by atoms with van der Waals surface area (Å²) in [4.78, 5) is 15.4. The highest BCUT2D eigenvalue weighted by Gasteiger charge is 2.18. The SMILES string of the molecule is C[C@H](C(=O)Nc1cc(F)cc(N2CCOCC2)c1)c1cccs1. The second kappa shape index (κ2) is 7.10. The number of halogens is 1. The van der Waals surface area contributed by atoms with E-state index in [1.165, 1.54) is 12.1 Å². The van der Waals surface area contributed by atoms with E-state index in [0.717, 1.165) is 23.7 Å². The van der Waals surface area contributed by atoms with E-state index < -0.39 is 0 Å². The monoisotopic (exact) mass is 334 g/mol. The van der Waals surface area contributed by atoms with Crippen LogP contribution in [0.15, 0.2) is 35.7 Å². The smallest absolute Gasteiger partial charge is 0.232 e. The Morgan fingerprint density at radius 2 is 2.13 bits per heavy atom. The number of hydrogen-bond donors (Lipinski definition) is 1. The Kier molecular flexibility index (Phi) is 4.93. The Balaban J connectivity index is 1.74. The molecule has 0 saturated carbocycles. The molecule has 1 amide bonds. The number of morpholine rings is 1. The van der Waals surface area contributed by atoms with Crippen LogP contribution >= 0.6 is 11.3 Å². The van der Waals surface area contributed by atoms with Crippen molar-refractivity contribution in [1.82, 2.24) is 0 Å². The molecule has 1 aliphatic heterocycles. The normalized spacial score (nSPS) is 16.2. The van der Waals surface area contributed by atoms with Crippen LogP contribution in [-0.4, -0.2) is 32.2 Å². The number of ether oxygens (including phenoxy) is 1. The van der Waals surface area contributed by atoms with Crippen LogP contribution in [0.1, 0.15) is 17.7 Å². The summed E-state index contributed by atoms with van der Waals surface area (Å²) in [5.74, 6) is -0.746. The summed E-state index contributed by atoms with van der Waals surface area (Å²) >= 11 is 1.54. The second-order valence-corrected chi connectivity index (χ2v) is 6.50. The van der Waals surface area contributed by atoms with E-state index in [1.54, 1.807) is 11.3 Å². The molecule has 1 saturated heterocycles. The Morgan fingerprint density at radius 3 is 2.83 bits per heavy atom. The molecule has 2 heterocycles. The Morgan fingerprint density at radius 1 is 1.35 bits per heavy atom. The van der Waals surface area contributed by atoms with Crippen LogP contribution in [-0.2, 0) is 9.53 Å². The Bertz CT molecular complexity index is 669. The lowest BCUT2D eigenvalue weighted by Crippen LogP contribution is -2.36. The Hall–Kier alpha value is -1.92. The van der Waals surface area contributed by atoms with Gasteiger partial charge in [0.1, 0.15) is 5.82 Å². The van der Waals surface area contributed by atoms with Crippen molar-refractivity contribution in [2.75, 3.05) is 36.5 Å². The first-order valence-corrected chi connectivity index (χ1v) is 8.49. The zero-order valence-electron chi connectivity index (χ0n) is 12.9. The summed E-state index contributed by atoms with van der Waals surface area (Å²) in [5.41, 5.74) is 1.26. The second-order valence-electron chi connectivity index (χ2n) is 5.52. The lowest BCUT2D eigenvalue weighted by Gasteiger charge is -2.29. The maximum atomic E-state index is 13.9. The van der Waals surface area contributed by atoms with Crippen molar-refractivity contribution in [2.24, 2.45) is 0 Å². The van der Waals surface area contributed by atoms with E-state index >= 15 is 0 Å². The van der Waals surface area contributed by atoms with Gasteiger partial charge in [-0.05, 0) is 36.6 Å². The number of thiophene rings is 1. The summed E-state index contributed by atoms with van der Waals surface area (Å²) < 4.78 is 19.2. The van der Waals surface area contributed by atoms with Crippen molar-refractivity contribution in [3.63, 3.8) is 0 Å². The molecule has 0 aliphatic carbocycles. The van der Waals surface area contributed by atoms with Crippen molar-refractivity contribution in [3.05, 3.63) is 46.4 Å². The fraction of sp³-hybridized carbons (Fsp3) is 0.353. The first kappa shape index (κ1) is 16.0. The standard InChI is InChI=1S/C17H19FN2O2S/c1-12(16-3-2-8-23-16)17(21)19-14-9-13(18)10-15(11-14)20-4-6-22-7-5-20/h2-3,8-12H,4-7H2,1H3,(H,19,21)/t12-/m0/s1. The number of rotatable bonds is 4. The molecule has 4 nitrogen and oxygen atoms in total. The van der Waals surface area contributed by atoms with Gasteiger partial charge in [0.05, 0.1) is 19.1 Å². The molecule has 1 aliphatic rings. The van der Waals surface area contributed by atoms with Crippen LogP contribution in [0.5, 0.6) is 0 Å². The number of amides is 1. The first-order chi connectivity index (χ1) is 11.1. The van der Waals surface area contributed by atoms with Gasteiger partial charge in [-0.15, -0.1) is 11.3 Å². The van der Waals surface area contributed by atoms with E-state index in [9.17, 15) is 9.18 Å². The molecule has 1 fully saturated rings. The third kappa shape index (κ3) is 3.89. The molecule has 2 aromatic rings. The number of benzene rings is 1. The van der Waals surface area contributed by atoms with E-state index in [2.05, 4.69) is 10.2 Å². The lowest BCUT2D eigenvalue weighted by atomic mass is 10.1. The molecule has 1 aromatic carbocycles. The van der Waals surface area contributed by atoms with Crippen molar-refractivity contribution in [3.8, 4) is 0 Å². The number of carbonyl (C=O) groups excluding carboxylic acids is 1. The van der Waals surface area contributed by atoms with Gasteiger partial charge in [0.15, 0.2) is 0 Å². The van der Waals surface area contributed by atoms with Crippen LogP contribution in [0.2, 0.25) is 0 Å². The molecule has 1 aromatic heterocycles. The maximum Gasteiger partial charge on any atom is 0.232 e. The molecular formula is C17H19FN2O2S. The van der Waals surface area contributed by atoms with Gasteiger partial charge in [-0.25, -0.2) is 4.39 Å². The van der Waals surface area contributed by atoms with Crippen LogP contribution in [0.3, 0.4) is 0 Å². The molecule has 0 unspecified atom stereocenters. The van der Waals surface area contributed by atoms with Gasteiger partial charge in [0.25, 0.3) is 0 Å². The fourth-order valence-electron chi connectivity index (χ4n) is 2.57. The average Bonchev–Trinajstić information content (AvgIpc) is 3.09. The predicted molar refractivity (Wildman–Crippen MR) is 90.8 cm³/mol. The van der Waals surface area contributed by atoms with Gasteiger partial charge in [-0.2, -0.15) is 0 Å². The minimum absolute atomic E-state index is 0.133. The molecule has 0 radical (unpaired) electrons. The van der Waals surface area contributed by atoms with Gasteiger partial charge in [0.2, 0.25) is 5.91 Å².